The normalized spacial score (nSPS) is 18.9. The fourth-order valence-electron chi connectivity index (χ4n) is 8.13. The molecule has 1 aliphatic heterocycles. The van der Waals surface area contributed by atoms with Gasteiger partial charge in [-0.2, -0.15) is 0 Å². The lowest BCUT2D eigenvalue weighted by Gasteiger charge is -2.40. The standard InChI is InChI=1S/C63H102O12/c1-4-7-10-13-16-19-22-25-26-27-28-29-30-33-34-37-40-43-46-49-55(64)71-52-54(73-56(65)50-47-44-41-38-35-31-23-20-17-14-11-8-5-2)53-72-63-61(59(68)58(67)60(75-63)62(69)70)74-57(66)51-48-45-42-39-36-32-24-21-18-15-12-9-6-3/h7,10-11,14,16,19-21,23-26,28-29,33-34,54,58-61,63,67-68H,4-6,8-9,12-13,15,17-18,22,27,30-32,35-53H2,1-3H3,(H,69,70)/b10-7-,14-11-,19-16-,23-20-,24-21-,26-25-,29-28-,34-33-. The number of aliphatic carboxylic acids is 1. The Hall–Kier alpha value is -4.36. The first-order chi connectivity index (χ1) is 36.6. The first-order valence-corrected chi connectivity index (χ1v) is 29.2. The molecule has 0 saturated carbocycles. The third kappa shape index (κ3) is 40.6. The summed E-state index contributed by atoms with van der Waals surface area (Å²) in [5.41, 5.74) is 0. The number of aliphatic hydroxyl groups excluding tert-OH is 2. The molecule has 3 N–H and O–H groups in total. The van der Waals surface area contributed by atoms with Crippen molar-refractivity contribution < 1.29 is 58.2 Å². The molecule has 12 heteroatoms. The Labute approximate surface area is 453 Å². The summed E-state index contributed by atoms with van der Waals surface area (Å²) in [6.07, 6.45) is 53.8. The molecule has 1 heterocycles. The lowest BCUT2D eigenvalue weighted by atomic mass is 9.98. The van der Waals surface area contributed by atoms with Gasteiger partial charge in [0.25, 0.3) is 0 Å². The van der Waals surface area contributed by atoms with Crippen molar-refractivity contribution in [1.29, 1.82) is 0 Å². The van der Waals surface area contributed by atoms with Crippen LogP contribution in [0.25, 0.3) is 0 Å². The highest BCUT2D eigenvalue weighted by Gasteiger charge is 2.50. The Morgan fingerprint density at radius 2 is 0.867 bits per heavy atom. The third-order valence-corrected chi connectivity index (χ3v) is 12.6. The lowest BCUT2D eigenvalue weighted by molar-refractivity contribution is -0.301. The zero-order valence-electron chi connectivity index (χ0n) is 46.8. The van der Waals surface area contributed by atoms with Crippen LogP contribution in [0.1, 0.15) is 226 Å². The maximum absolute atomic E-state index is 13.1. The summed E-state index contributed by atoms with van der Waals surface area (Å²) in [5.74, 6) is -3.20. The molecule has 0 bridgehead atoms. The molecule has 0 radical (unpaired) electrons. The van der Waals surface area contributed by atoms with Gasteiger partial charge in [0.15, 0.2) is 24.6 Å². The van der Waals surface area contributed by atoms with Gasteiger partial charge < -0.3 is 39.0 Å². The van der Waals surface area contributed by atoms with E-state index in [0.29, 0.717) is 19.3 Å². The van der Waals surface area contributed by atoms with Gasteiger partial charge in [-0.1, -0.05) is 189 Å². The van der Waals surface area contributed by atoms with Crippen molar-refractivity contribution in [3.63, 3.8) is 0 Å². The minimum Gasteiger partial charge on any atom is -0.479 e. The predicted molar refractivity (Wildman–Crippen MR) is 303 cm³/mol. The first-order valence-electron chi connectivity index (χ1n) is 29.2. The van der Waals surface area contributed by atoms with Crippen LogP contribution in [-0.2, 0) is 42.9 Å². The summed E-state index contributed by atoms with van der Waals surface area (Å²) in [5, 5.41) is 31.4. The van der Waals surface area contributed by atoms with E-state index in [4.69, 9.17) is 23.7 Å². The van der Waals surface area contributed by atoms with Gasteiger partial charge in [-0.15, -0.1) is 0 Å². The molecule has 0 amide bonds. The van der Waals surface area contributed by atoms with Gasteiger partial charge in [-0.3, -0.25) is 14.4 Å². The molecule has 1 fully saturated rings. The second kappa shape index (κ2) is 50.5. The molecule has 0 spiro atoms. The Bertz CT molecular complexity index is 1670. The summed E-state index contributed by atoms with van der Waals surface area (Å²) in [6, 6.07) is 0. The fraction of sp³-hybridized carbons (Fsp3) is 0.683. The molecule has 12 nitrogen and oxygen atoms in total. The Morgan fingerprint density at radius 1 is 0.453 bits per heavy atom. The molecular weight excluding hydrogens is 949 g/mol. The fourth-order valence-corrected chi connectivity index (χ4v) is 8.13. The largest absolute Gasteiger partial charge is 0.479 e. The zero-order valence-corrected chi connectivity index (χ0v) is 46.8. The Kier molecular flexibility index (Phi) is 46.2. The Balaban J connectivity index is 2.73. The van der Waals surface area contributed by atoms with Crippen molar-refractivity contribution in [2.24, 2.45) is 0 Å². The van der Waals surface area contributed by atoms with Crippen LogP contribution in [-0.4, -0.2) is 89.2 Å². The smallest absolute Gasteiger partial charge is 0.335 e. The van der Waals surface area contributed by atoms with E-state index >= 15 is 0 Å². The van der Waals surface area contributed by atoms with Crippen molar-refractivity contribution in [1.82, 2.24) is 0 Å². The molecule has 426 valence electrons. The number of carboxylic acid groups (broad SMARTS) is 1. The van der Waals surface area contributed by atoms with Crippen LogP contribution in [0.2, 0.25) is 0 Å². The van der Waals surface area contributed by atoms with Crippen molar-refractivity contribution in [3.8, 4) is 0 Å². The van der Waals surface area contributed by atoms with Crippen molar-refractivity contribution in [3.05, 3.63) is 97.2 Å². The highest BCUT2D eigenvalue weighted by Crippen LogP contribution is 2.26. The second-order valence-corrected chi connectivity index (χ2v) is 19.5. The van der Waals surface area contributed by atoms with Crippen LogP contribution in [0.15, 0.2) is 97.2 Å². The van der Waals surface area contributed by atoms with Crippen LogP contribution in [0.5, 0.6) is 0 Å². The molecular formula is C63H102O12. The molecule has 6 atom stereocenters. The molecule has 0 aromatic carbocycles. The molecule has 6 unspecified atom stereocenters. The van der Waals surface area contributed by atoms with Gasteiger partial charge in [0, 0.05) is 19.3 Å². The van der Waals surface area contributed by atoms with Gasteiger partial charge in [0.2, 0.25) is 0 Å². The molecule has 1 rings (SSSR count). The van der Waals surface area contributed by atoms with E-state index in [1.54, 1.807) is 0 Å². The number of allylic oxidation sites excluding steroid dienone is 16. The van der Waals surface area contributed by atoms with Crippen molar-refractivity contribution >= 4 is 23.9 Å². The number of aliphatic hydroxyl groups is 2. The van der Waals surface area contributed by atoms with Crippen LogP contribution in [0.3, 0.4) is 0 Å². The van der Waals surface area contributed by atoms with Crippen LogP contribution < -0.4 is 0 Å². The molecule has 1 saturated heterocycles. The van der Waals surface area contributed by atoms with Gasteiger partial charge >= 0.3 is 23.9 Å². The van der Waals surface area contributed by atoms with Crippen LogP contribution in [0, 0.1) is 0 Å². The summed E-state index contributed by atoms with van der Waals surface area (Å²) >= 11 is 0. The van der Waals surface area contributed by atoms with Gasteiger partial charge in [-0.25, -0.2) is 4.79 Å². The van der Waals surface area contributed by atoms with Crippen LogP contribution in [0.4, 0.5) is 0 Å². The Morgan fingerprint density at radius 3 is 1.36 bits per heavy atom. The minimum absolute atomic E-state index is 0.0414. The number of esters is 3. The maximum Gasteiger partial charge on any atom is 0.335 e. The summed E-state index contributed by atoms with van der Waals surface area (Å²) in [4.78, 5) is 51.1. The number of rotatable bonds is 48. The molecule has 0 aromatic rings. The molecule has 75 heavy (non-hydrogen) atoms. The van der Waals surface area contributed by atoms with Gasteiger partial charge in [0.1, 0.15) is 18.8 Å². The van der Waals surface area contributed by atoms with E-state index in [1.165, 1.54) is 25.7 Å². The number of carbonyl (C=O) groups is 4. The molecule has 0 aliphatic carbocycles. The summed E-state index contributed by atoms with van der Waals surface area (Å²) < 4.78 is 28.3. The van der Waals surface area contributed by atoms with E-state index in [2.05, 4.69) is 118 Å². The summed E-state index contributed by atoms with van der Waals surface area (Å²) in [6.45, 7) is 5.74. The topological polar surface area (TPSA) is 175 Å². The number of carboxylic acids is 1. The van der Waals surface area contributed by atoms with E-state index in [0.717, 1.165) is 141 Å². The lowest BCUT2D eigenvalue weighted by Crippen LogP contribution is -2.61. The molecule has 0 aromatic heterocycles. The number of hydrogen-bond donors (Lipinski definition) is 3. The number of unbranched alkanes of at least 4 members (excludes halogenated alkanes) is 18. The zero-order chi connectivity index (χ0) is 54.7. The maximum atomic E-state index is 13.1. The summed E-state index contributed by atoms with van der Waals surface area (Å²) in [7, 11) is 0. The van der Waals surface area contributed by atoms with Crippen molar-refractivity contribution in [2.45, 2.75) is 263 Å². The first kappa shape index (κ1) is 68.7. The third-order valence-electron chi connectivity index (χ3n) is 12.6. The van der Waals surface area contributed by atoms with E-state index < -0.39 is 67.3 Å². The minimum atomic E-state index is -1.92. The van der Waals surface area contributed by atoms with Crippen LogP contribution >= 0.6 is 0 Å². The average Bonchev–Trinajstić information content (AvgIpc) is 3.39. The second-order valence-electron chi connectivity index (χ2n) is 19.5. The number of hydrogen-bond acceptors (Lipinski definition) is 11. The SMILES string of the molecule is CC/C=C\C/C=C\C/C=C\C/C=C\C/C=C\CCCCCC(=O)OCC(COC1OC(C(=O)O)C(O)C(O)C1OC(=O)CCCCCCC/C=C\CCCCCC)OC(=O)CCCCCCC/C=C\C/C=C\CCC. The number of ether oxygens (including phenoxy) is 5. The van der Waals surface area contributed by atoms with E-state index in [1.807, 2.05) is 0 Å². The van der Waals surface area contributed by atoms with E-state index in [9.17, 15) is 34.5 Å². The highest BCUT2D eigenvalue weighted by atomic mass is 16.7. The molecule has 1 aliphatic rings. The van der Waals surface area contributed by atoms with E-state index in [-0.39, 0.29) is 25.9 Å². The van der Waals surface area contributed by atoms with Gasteiger partial charge in [-0.05, 0) is 116 Å². The average molecular weight is 1050 g/mol. The monoisotopic (exact) mass is 1050 g/mol. The number of carbonyl (C=O) groups excluding carboxylic acids is 3. The predicted octanol–water partition coefficient (Wildman–Crippen LogP) is 14.9. The quantitative estimate of drug-likeness (QED) is 0.0228. The van der Waals surface area contributed by atoms with Crippen molar-refractivity contribution in [2.75, 3.05) is 13.2 Å². The van der Waals surface area contributed by atoms with Gasteiger partial charge in [0.05, 0.1) is 6.61 Å². The highest BCUT2D eigenvalue weighted by molar-refractivity contribution is 5.74.